The maximum absolute atomic E-state index is 11.9. The Labute approximate surface area is 138 Å². The van der Waals surface area contributed by atoms with E-state index >= 15 is 0 Å². The number of anilines is 1. The van der Waals surface area contributed by atoms with Crippen molar-refractivity contribution in [3.63, 3.8) is 0 Å². The summed E-state index contributed by atoms with van der Waals surface area (Å²) >= 11 is 0. The molecule has 0 fully saturated rings. The molecule has 0 spiro atoms. The van der Waals surface area contributed by atoms with Gasteiger partial charge in [-0.05, 0) is 11.6 Å². The number of hydrogen-bond donors (Lipinski definition) is 0. The van der Waals surface area contributed by atoms with Crippen molar-refractivity contribution >= 4 is 37.2 Å². The summed E-state index contributed by atoms with van der Waals surface area (Å²) in [5.74, 6) is -1.19. The van der Waals surface area contributed by atoms with Crippen LogP contribution < -0.4 is 4.90 Å². The molecule has 0 aliphatic rings. The molecule has 0 radical (unpaired) electrons. The van der Waals surface area contributed by atoms with Gasteiger partial charge in [0.25, 0.3) is 9.05 Å². The van der Waals surface area contributed by atoms with Gasteiger partial charge >= 0.3 is 0 Å². The fourth-order valence-electron chi connectivity index (χ4n) is 2.34. The smallest absolute Gasteiger partial charge is 0.263 e. The van der Waals surface area contributed by atoms with Crippen LogP contribution >= 0.6 is 10.7 Å². The molecule has 5 nitrogen and oxygen atoms in total. The van der Waals surface area contributed by atoms with Gasteiger partial charge in [0.15, 0.2) is 0 Å². The number of amides is 2. The monoisotopic (exact) mass is 351 g/mol. The first-order chi connectivity index (χ1) is 10.7. The lowest BCUT2D eigenvalue weighted by Gasteiger charge is -2.23. The average Bonchev–Trinajstić information content (AvgIpc) is 2.46. The van der Waals surface area contributed by atoms with Gasteiger partial charge in [0.2, 0.25) is 11.8 Å². The summed E-state index contributed by atoms with van der Waals surface area (Å²) in [4.78, 5) is 24.4. The summed E-state index contributed by atoms with van der Waals surface area (Å²) in [5, 5.41) is 0. The summed E-state index contributed by atoms with van der Waals surface area (Å²) < 4.78 is 23.8. The summed E-state index contributed by atoms with van der Waals surface area (Å²) in [6, 6.07) is 13.3. The zero-order valence-corrected chi connectivity index (χ0v) is 14.1. The molecular formula is C16H14ClNO4S. The highest BCUT2D eigenvalue weighted by Gasteiger charge is 2.28. The van der Waals surface area contributed by atoms with Crippen LogP contribution in [0.4, 0.5) is 5.69 Å². The second kappa shape index (κ2) is 6.52. The molecule has 0 saturated heterocycles. The van der Waals surface area contributed by atoms with Gasteiger partial charge in [0.1, 0.15) is 4.90 Å². The van der Waals surface area contributed by atoms with E-state index in [2.05, 4.69) is 0 Å². The molecule has 0 aromatic heterocycles. The van der Waals surface area contributed by atoms with Crippen molar-refractivity contribution in [2.75, 3.05) is 4.90 Å². The van der Waals surface area contributed by atoms with Crippen molar-refractivity contribution in [2.24, 2.45) is 0 Å². The summed E-state index contributed by atoms with van der Waals surface area (Å²) in [6.07, 6.45) is 0. The van der Waals surface area contributed by atoms with Crippen LogP contribution in [0.15, 0.2) is 53.4 Å². The first-order valence-electron chi connectivity index (χ1n) is 6.68. The van der Waals surface area contributed by atoms with E-state index in [0.29, 0.717) is 11.1 Å². The fourth-order valence-corrected chi connectivity index (χ4v) is 3.38. The minimum Gasteiger partial charge on any atom is -0.274 e. The van der Waals surface area contributed by atoms with Gasteiger partial charge in [0.05, 0.1) is 5.69 Å². The second-order valence-corrected chi connectivity index (χ2v) is 7.36. The van der Waals surface area contributed by atoms with Gasteiger partial charge in [-0.1, -0.05) is 42.5 Å². The topological polar surface area (TPSA) is 71.5 Å². The number of benzene rings is 2. The lowest BCUT2D eigenvalue weighted by molar-refractivity contribution is -0.124. The maximum atomic E-state index is 11.9. The molecule has 0 unspecified atom stereocenters. The Balaban J connectivity index is 2.89. The van der Waals surface area contributed by atoms with Gasteiger partial charge in [-0.2, -0.15) is 0 Å². The summed E-state index contributed by atoms with van der Waals surface area (Å²) in [6.45, 7) is 2.38. The van der Waals surface area contributed by atoms with Gasteiger partial charge in [-0.3, -0.25) is 9.59 Å². The number of carbonyl (C=O) groups excluding carboxylic acids is 2. The van der Waals surface area contributed by atoms with Crippen molar-refractivity contribution < 1.29 is 18.0 Å². The van der Waals surface area contributed by atoms with E-state index in [1.54, 1.807) is 36.4 Å². The van der Waals surface area contributed by atoms with Crippen LogP contribution in [0.1, 0.15) is 13.8 Å². The molecule has 0 heterocycles. The molecule has 0 N–H and O–H groups in total. The van der Waals surface area contributed by atoms with Crippen LogP contribution in [-0.4, -0.2) is 20.2 Å². The molecule has 120 valence electrons. The third-order valence-electron chi connectivity index (χ3n) is 3.20. The number of imide groups is 1. The molecule has 2 aromatic rings. The predicted octanol–water partition coefficient (Wildman–Crippen LogP) is 3.18. The van der Waals surface area contributed by atoms with Crippen LogP contribution in [0, 0.1) is 0 Å². The standard InChI is InChI=1S/C16H14ClNO4S/c1-11(19)18(12(2)20)16-14(13-7-4-3-5-8-13)9-6-10-15(16)23(17,21)22/h3-10H,1-2H3. The fraction of sp³-hybridized carbons (Fsp3) is 0.125. The minimum absolute atomic E-state index is 0.0336. The van der Waals surface area contributed by atoms with Gasteiger partial charge in [0, 0.05) is 30.1 Å². The highest BCUT2D eigenvalue weighted by molar-refractivity contribution is 8.13. The molecule has 2 amide bonds. The Morgan fingerprint density at radius 3 is 1.96 bits per heavy atom. The van der Waals surface area contributed by atoms with Crippen molar-refractivity contribution in [3.05, 3.63) is 48.5 Å². The number of hydrogen-bond acceptors (Lipinski definition) is 4. The van der Waals surface area contributed by atoms with E-state index in [9.17, 15) is 18.0 Å². The number of carbonyl (C=O) groups is 2. The molecule has 0 atom stereocenters. The quantitative estimate of drug-likeness (QED) is 0.796. The molecular weight excluding hydrogens is 338 g/mol. The zero-order chi connectivity index (χ0) is 17.2. The van der Waals surface area contributed by atoms with E-state index < -0.39 is 20.9 Å². The Bertz CT molecular complexity index is 849. The second-order valence-electron chi connectivity index (χ2n) is 4.83. The Hall–Kier alpha value is -2.18. The van der Waals surface area contributed by atoms with Crippen LogP contribution in [0.3, 0.4) is 0 Å². The van der Waals surface area contributed by atoms with Crippen molar-refractivity contribution in [2.45, 2.75) is 18.7 Å². The van der Waals surface area contributed by atoms with Crippen molar-refractivity contribution in [1.82, 2.24) is 0 Å². The molecule has 0 aliphatic carbocycles. The molecule has 23 heavy (non-hydrogen) atoms. The third kappa shape index (κ3) is 3.60. The number of halogens is 1. The molecule has 7 heteroatoms. The normalized spacial score (nSPS) is 11.1. The van der Waals surface area contributed by atoms with Crippen molar-refractivity contribution in [1.29, 1.82) is 0 Å². The largest absolute Gasteiger partial charge is 0.274 e. The molecule has 0 aliphatic heterocycles. The van der Waals surface area contributed by atoms with Gasteiger partial charge in [-0.25, -0.2) is 13.3 Å². The van der Waals surface area contributed by atoms with E-state index in [0.717, 1.165) is 4.90 Å². The minimum atomic E-state index is -4.15. The van der Waals surface area contributed by atoms with E-state index in [1.165, 1.54) is 26.0 Å². The number of nitrogens with zero attached hydrogens (tertiary/aromatic N) is 1. The van der Waals surface area contributed by atoms with Gasteiger partial charge < -0.3 is 0 Å². The third-order valence-corrected chi connectivity index (χ3v) is 4.55. The SMILES string of the molecule is CC(=O)N(C(C)=O)c1c(-c2ccccc2)cccc1S(=O)(=O)Cl. The number of rotatable bonds is 3. The highest BCUT2D eigenvalue weighted by Crippen LogP contribution is 2.38. The first kappa shape index (κ1) is 17.2. The van der Waals surface area contributed by atoms with E-state index in [4.69, 9.17) is 10.7 Å². The Kier molecular flexibility index (Phi) is 4.87. The van der Waals surface area contributed by atoms with Crippen LogP contribution in [0.5, 0.6) is 0 Å². The van der Waals surface area contributed by atoms with E-state index in [-0.39, 0.29) is 10.6 Å². The summed E-state index contributed by atoms with van der Waals surface area (Å²) in [7, 11) is 1.35. The zero-order valence-electron chi connectivity index (χ0n) is 12.5. The highest BCUT2D eigenvalue weighted by atomic mass is 35.7. The molecule has 0 bridgehead atoms. The van der Waals surface area contributed by atoms with E-state index in [1.807, 2.05) is 0 Å². The lowest BCUT2D eigenvalue weighted by atomic mass is 10.0. The van der Waals surface area contributed by atoms with Crippen LogP contribution in [-0.2, 0) is 18.6 Å². The number of para-hydroxylation sites is 1. The Morgan fingerprint density at radius 2 is 1.48 bits per heavy atom. The van der Waals surface area contributed by atoms with Crippen molar-refractivity contribution in [3.8, 4) is 11.1 Å². The molecule has 2 aromatic carbocycles. The maximum Gasteiger partial charge on any atom is 0.263 e. The first-order valence-corrected chi connectivity index (χ1v) is 8.98. The average molecular weight is 352 g/mol. The van der Waals surface area contributed by atoms with Crippen LogP contribution in [0.25, 0.3) is 11.1 Å². The molecule has 2 rings (SSSR count). The predicted molar refractivity (Wildman–Crippen MR) is 88.8 cm³/mol. The summed E-state index contributed by atoms with van der Waals surface area (Å²) in [5.41, 5.74) is 1.06. The van der Waals surface area contributed by atoms with Crippen LogP contribution in [0.2, 0.25) is 0 Å². The lowest BCUT2D eigenvalue weighted by Crippen LogP contribution is -2.34. The van der Waals surface area contributed by atoms with Gasteiger partial charge in [-0.15, -0.1) is 0 Å². The molecule has 0 saturated carbocycles. The Morgan fingerprint density at radius 1 is 0.913 bits per heavy atom.